The predicted octanol–water partition coefficient (Wildman–Crippen LogP) is 2.56. The van der Waals surface area contributed by atoms with Crippen molar-refractivity contribution < 1.29 is 9.53 Å². The molecule has 6 nitrogen and oxygen atoms in total. The van der Waals surface area contributed by atoms with Crippen LogP contribution in [0.2, 0.25) is 0 Å². The van der Waals surface area contributed by atoms with Gasteiger partial charge in [-0.3, -0.25) is 5.10 Å². The van der Waals surface area contributed by atoms with Gasteiger partial charge >= 0.3 is 6.03 Å². The van der Waals surface area contributed by atoms with Gasteiger partial charge < -0.3 is 15.0 Å². The van der Waals surface area contributed by atoms with Crippen molar-refractivity contribution in [3.8, 4) is 0 Å². The SMILES string of the molecule is COC1CCN(C(=O)NCCc2ccc3cn[nH]c3c2)CC1(C)C. The molecule has 1 saturated heterocycles. The van der Waals surface area contributed by atoms with Crippen LogP contribution in [0, 0.1) is 5.41 Å². The Bertz CT molecular complexity index is 710. The standard InChI is InChI=1S/C18H26N4O2/c1-18(2)12-22(9-7-16(18)24-3)17(23)19-8-6-13-4-5-14-11-20-21-15(14)10-13/h4-5,10-11,16H,6-9,12H2,1-3H3,(H,19,23)(H,20,21). The highest BCUT2D eigenvalue weighted by Gasteiger charge is 2.37. The summed E-state index contributed by atoms with van der Waals surface area (Å²) in [6, 6.07) is 6.23. The summed E-state index contributed by atoms with van der Waals surface area (Å²) in [5.41, 5.74) is 2.20. The van der Waals surface area contributed by atoms with E-state index < -0.39 is 0 Å². The third-order valence-electron chi connectivity index (χ3n) is 4.90. The molecule has 1 fully saturated rings. The van der Waals surface area contributed by atoms with Crippen LogP contribution in [0.25, 0.3) is 10.9 Å². The topological polar surface area (TPSA) is 70.2 Å². The van der Waals surface area contributed by atoms with Crippen molar-refractivity contribution in [2.24, 2.45) is 5.41 Å². The lowest BCUT2D eigenvalue weighted by molar-refractivity contribution is -0.0406. The summed E-state index contributed by atoms with van der Waals surface area (Å²) in [5, 5.41) is 11.1. The number of hydrogen-bond acceptors (Lipinski definition) is 3. The molecule has 1 aliphatic heterocycles. The van der Waals surface area contributed by atoms with Crippen LogP contribution < -0.4 is 5.32 Å². The first-order valence-corrected chi connectivity index (χ1v) is 8.47. The number of urea groups is 1. The Labute approximate surface area is 142 Å². The lowest BCUT2D eigenvalue weighted by atomic mass is 9.81. The lowest BCUT2D eigenvalue weighted by Crippen LogP contribution is -2.54. The van der Waals surface area contributed by atoms with Gasteiger partial charge in [-0.1, -0.05) is 26.0 Å². The minimum absolute atomic E-state index is 0.0141. The zero-order chi connectivity index (χ0) is 17.2. The number of carbonyl (C=O) groups excluding carboxylic acids is 1. The van der Waals surface area contributed by atoms with E-state index in [1.54, 1.807) is 7.11 Å². The summed E-state index contributed by atoms with van der Waals surface area (Å²) < 4.78 is 5.54. The Morgan fingerprint density at radius 3 is 3.08 bits per heavy atom. The van der Waals surface area contributed by atoms with Gasteiger partial charge in [0.25, 0.3) is 0 Å². The van der Waals surface area contributed by atoms with E-state index in [4.69, 9.17) is 4.74 Å². The van der Waals surface area contributed by atoms with Crippen LogP contribution in [0.1, 0.15) is 25.8 Å². The normalized spacial score (nSPS) is 20.3. The second-order valence-corrected chi connectivity index (χ2v) is 7.20. The summed E-state index contributed by atoms with van der Waals surface area (Å²) >= 11 is 0. The van der Waals surface area contributed by atoms with Crippen molar-refractivity contribution >= 4 is 16.9 Å². The van der Waals surface area contributed by atoms with Crippen molar-refractivity contribution in [1.82, 2.24) is 20.4 Å². The van der Waals surface area contributed by atoms with Crippen LogP contribution in [-0.2, 0) is 11.2 Å². The number of fused-ring (bicyclic) bond motifs is 1. The minimum Gasteiger partial charge on any atom is -0.381 e. The molecule has 6 heteroatoms. The number of aromatic amines is 1. The van der Waals surface area contributed by atoms with E-state index in [0.29, 0.717) is 6.54 Å². The number of carbonyl (C=O) groups is 1. The molecule has 1 aromatic heterocycles. The zero-order valence-corrected chi connectivity index (χ0v) is 14.6. The quantitative estimate of drug-likeness (QED) is 0.905. The number of nitrogens with one attached hydrogen (secondary N) is 2. The maximum absolute atomic E-state index is 12.4. The summed E-state index contributed by atoms with van der Waals surface area (Å²) in [7, 11) is 1.75. The van der Waals surface area contributed by atoms with Crippen LogP contribution in [0.5, 0.6) is 0 Å². The minimum atomic E-state index is -0.0179. The Hall–Kier alpha value is -2.08. The molecule has 3 rings (SSSR count). The van der Waals surface area contributed by atoms with Crippen molar-refractivity contribution in [1.29, 1.82) is 0 Å². The van der Waals surface area contributed by atoms with E-state index >= 15 is 0 Å². The fourth-order valence-corrected chi connectivity index (χ4v) is 3.51. The smallest absolute Gasteiger partial charge is 0.317 e. The second-order valence-electron chi connectivity index (χ2n) is 7.20. The fraction of sp³-hybridized carbons (Fsp3) is 0.556. The number of likely N-dealkylation sites (tertiary alicyclic amines) is 1. The van der Waals surface area contributed by atoms with Crippen molar-refractivity contribution in [2.45, 2.75) is 32.8 Å². The third-order valence-corrected chi connectivity index (χ3v) is 4.90. The number of methoxy groups -OCH3 is 1. The maximum atomic E-state index is 12.4. The van der Waals surface area contributed by atoms with Crippen molar-refractivity contribution in [3.63, 3.8) is 0 Å². The number of piperidine rings is 1. The van der Waals surface area contributed by atoms with Crippen LogP contribution in [0.3, 0.4) is 0 Å². The van der Waals surface area contributed by atoms with Gasteiger partial charge in [0.15, 0.2) is 0 Å². The van der Waals surface area contributed by atoms with E-state index in [9.17, 15) is 4.79 Å². The van der Waals surface area contributed by atoms with Crippen LogP contribution >= 0.6 is 0 Å². The first-order valence-electron chi connectivity index (χ1n) is 8.47. The maximum Gasteiger partial charge on any atom is 0.317 e. The average molecular weight is 330 g/mol. The average Bonchev–Trinajstić information content (AvgIpc) is 3.01. The number of ether oxygens (including phenoxy) is 1. The van der Waals surface area contributed by atoms with E-state index in [-0.39, 0.29) is 17.6 Å². The lowest BCUT2D eigenvalue weighted by Gasteiger charge is -2.43. The molecule has 0 aliphatic carbocycles. The van der Waals surface area contributed by atoms with Gasteiger partial charge in [0, 0.05) is 37.5 Å². The summed E-state index contributed by atoms with van der Waals surface area (Å²) in [6.07, 6.45) is 3.71. The number of H-pyrrole nitrogens is 1. The first-order chi connectivity index (χ1) is 11.5. The van der Waals surface area contributed by atoms with Crippen molar-refractivity contribution in [2.75, 3.05) is 26.7 Å². The molecule has 0 spiro atoms. The van der Waals surface area contributed by atoms with Gasteiger partial charge in [0.05, 0.1) is 17.8 Å². The molecule has 2 amide bonds. The number of hydrogen-bond donors (Lipinski definition) is 2. The molecule has 2 N–H and O–H groups in total. The van der Waals surface area contributed by atoms with E-state index in [1.165, 1.54) is 5.56 Å². The van der Waals surface area contributed by atoms with E-state index in [2.05, 4.69) is 41.5 Å². The molecule has 130 valence electrons. The number of rotatable bonds is 4. The highest BCUT2D eigenvalue weighted by atomic mass is 16.5. The molecular formula is C18H26N4O2. The molecule has 1 aromatic carbocycles. The van der Waals surface area contributed by atoms with E-state index in [0.717, 1.165) is 36.8 Å². The monoisotopic (exact) mass is 330 g/mol. The number of aromatic nitrogens is 2. The molecule has 1 aliphatic rings. The van der Waals surface area contributed by atoms with Crippen molar-refractivity contribution in [3.05, 3.63) is 30.0 Å². The molecule has 0 radical (unpaired) electrons. The van der Waals surface area contributed by atoms with Gasteiger partial charge in [-0.25, -0.2) is 4.79 Å². The zero-order valence-electron chi connectivity index (χ0n) is 14.6. The number of nitrogens with zero attached hydrogens (tertiary/aromatic N) is 2. The molecule has 0 saturated carbocycles. The highest BCUT2D eigenvalue weighted by molar-refractivity contribution is 5.78. The van der Waals surface area contributed by atoms with E-state index in [1.807, 2.05) is 17.2 Å². The summed E-state index contributed by atoms with van der Waals surface area (Å²) in [6.45, 7) is 6.40. The summed E-state index contributed by atoms with van der Waals surface area (Å²) in [4.78, 5) is 14.3. The predicted molar refractivity (Wildman–Crippen MR) is 94.0 cm³/mol. The van der Waals surface area contributed by atoms with Gasteiger partial charge in [0.2, 0.25) is 0 Å². The van der Waals surface area contributed by atoms with Gasteiger partial charge in [-0.05, 0) is 24.5 Å². The Morgan fingerprint density at radius 2 is 2.33 bits per heavy atom. The Balaban J connectivity index is 1.50. The molecule has 2 heterocycles. The first kappa shape index (κ1) is 16.8. The second kappa shape index (κ2) is 6.81. The van der Waals surface area contributed by atoms with Gasteiger partial charge in [-0.15, -0.1) is 0 Å². The largest absolute Gasteiger partial charge is 0.381 e. The molecule has 0 bridgehead atoms. The molecule has 1 unspecified atom stereocenters. The van der Waals surface area contributed by atoms with Gasteiger partial charge in [0.1, 0.15) is 0 Å². The molecular weight excluding hydrogens is 304 g/mol. The Morgan fingerprint density at radius 1 is 1.50 bits per heavy atom. The van der Waals surface area contributed by atoms with Crippen LogP contribution in [0.4, 0.5) is 4.79 Å². The van der Waals surface area contributed by atoms with Crippen LogP contribution in [0.15, 0.2) is 24.4 Å². The molecule has 1 atom stereocenters. The molecule has 2 aromatic rings. The van der Waals surface area contributed by atoms with Crippen LogP contribution in [-0.4, -0.2) is 54.0 Å². The summed E-state index contributed by atoms with van der Waals surface area (Å²) in [5.74, 6) is 0. The number of benzene rings is 1. The Kier molecular flexibility index (Phi) is 4.76. The number of amides is 2. The molecule has 24 heavy (non-hydrogen) atoms. The highest BCUT2D eigenvalue weighted by Crippen LogP contribution is 2.31. The third kappa shape index (κ3) is 3.53. The van der Waals surface area contributed by atoms with Gasteiger partial charge in [-0.2, -0.15) is 5.10 Å². The fourth-order valence-electron chi connectivity index (χ4n) is 3.51.